The Morgan fingerprint density at radius 1 is 1.53 bits per heavy atom. The Kier molecular flexibility index (Phi) is 4.12. The number of carbonyl (C=O) groups is 1. The van der Waals surface area contributed by atoms with Crippen LogP contribution in [0.4, 0.5) is 4.79 Å². The Labute approximate surface area is 88.7 Å². The standard InChI is InChI=1S/C11H15NO3/c1-8-7-9(3-2-6-13)4-5-10(8)15-11(12)14/h4-5,7,13H,2-3,6H2,1H3,(H2,12,14). The van der Waals surface area contributed by atoms with Gasteiger partial charge in [-0.15, -0.1) is 0 Å². The highest BCUT2D eigenvalue weighted by Gasteiger charge is 2.03. The quantitative estimate of drug-likeness (QED) is 0.786. The number of nitrogens with two attached hydrogens (primary N) is 1. The Balaban J connectivity index is 2.74. The van der Waals surface area contributed by atoms with Crippen molar-refractivity contribution in [2.24, 2.45) is 5.73 Å². The summed E-state index contributed by atoms with van der Waals surface area (Å²) in [7, 11) is 0. The number of carbonyl (C=O) groups excluding carboxylic acids is 1. The third-order valence-electron chi connectivity index (χ3n) is 2.07. The Hall–Kier alpha value is -1.55. The normalized spacial score (nSPS) is 10.0. The zero-order valence-electron chi connectivity index (χ0n) is 8.69. The van der Waals surface area contributed by atoms with E-state index < -0.39 is 6.09 Å². The lowest BCUT2D eigenvalue weighted by molar-refractivity contribution is 0.210. The fourth-order valence-corrected chi connectivity index (χ4v) is 1.37. The third-order valence-corrected chi connectivity index (χ3v) is 2.07. The van der Waals surface area contributed by atoms with E-state index in [2.05, 4.69) is 0 Å². The molecule has 15 heavy (non-hydrogen) atoms. The first kappa shape index (κ1) is 11.5. The molecule has 82 valence electrons. The minimum Gasteiger partial charge on any atom is -0.410 e. The molecule has 1 rings (SSSR count). The van der Waals surface area contributed by atoms with Gasteiger partial charge in [-0.1, -0.05) is 12.1 Å². The highest BCUT2D eigenvalue weighted by Crippen LogP contribution is 2.19. The van der Waals surface area contributed by atoms with E-state index >= 15 is 0 Å². The van der Waals surface area contributed by atoms with Crippen molar-refractivity contribution < 1.29 is 14.6 Å². The summed E-state index contributed by atoms with van der Waals surface area (Å²) in [6.45, 7) is 2.03. The lowest BCUT2D eigenvalue weighted by Gasteiger charge is -2.07. The van der Waals surface area contributed by atoms with Gasteiger partial charge in [-0.05, 0) is 37.0 Å². The Morgan fingerprint density at radius 2 is 2.27 bits per heavy atom. The van der Waals surface area contributed by atoms with Crippen LogP contribution in [0.15, 0.2) is 18.2 Å². The van der Waals surface area contributed by atoms with Crippen molar-refractivity contribution in [3.05, 3.63) is 29.3 Å². The summed E-state index contributed by atoms with van der Waals surface area (Å²) in [5.41, 5.74) is 6.89. The molecule has 0 saturated carbocycles. The second-order valence-electron chi connectivity index (χ2n) is 3.35. The molecule has 0 atom stereocenters. The topological polar surface area (TPSA) is 72.6 Å². The third kappa shape index (κ3) is 3.59. The van der Waals surface area contributed by atoms with E-state index in [4.69, 9.17) is 15.6 Å². The number of hydrogen-bond donors (Lipinski definition) is 2. The largest absolute Gasteiger partial charge is 0.410 e. The average Bonchev–Trinajstić information content (AvgIpc) is 2.18. The van der Waals surface area contributed by atoms with Crippen LogP contribution in [0.3, 0.4) is 0 Å². The smallest absolute Gasteiger partial charge is 0.409 e. The molecule has 4 heteroatoms. The number of aliphatic hydroxyl groups excluding tert-OH is 1. The molecule has 0 aliphatic rings. The van der Waals surface area contributed by atoms with Gasteiger partial charge in [-0.3, -0.25) is 0 Å². The SMILES string of the molecule is Cc1cc(CCCO)ccc1OC(N)=O. The maximum atomic E-state index is 10.5. The van der Waals surface area contributed by atoms with Crippen LogP contribution in [0.5, 0.6) is 5.75 Å². The number of aryl methyl sites for hydroxylation is 2. The van der Waals surface area contributed by atoms with Crippen molar-refractivity contribution in [3.8, 4) is 5.75 Å². The van der Waals surface area contributed by atoms with Gasteiger partial charge in [-0.25, -0.2) is 4.79 Å². The van der Waals surface area contributed by atoms with E-state index in [9.17, 15) is 4.79 Å². The number of hydrogen-bond acceptors (Lipinski definition) is 3. The van der Waals surface area contributed by atoms with Crippen LogP contribution in [-0.4, -0.2) is 17.8 Å². The molecule has 0 saturated heterocycles. The van der Waals surface area contributed by atoms with Crippen LogP contribution in [0, 0.1) is 6.92 Å². The van der Waals surface area contributed by atoms with Gasteiger partial charge in [0.1, 0.15) is 5.75 Å². The van der Waals surface area contributed by atoms with E-state index in [-0.39, 0.29) is 6.61 Å². The predicted molar refractivity (Wildman–Crippen MR) is 56.8 cm³/mol. The molecular weight excluding hydrogens is 194 g/mol. The van der Waals surface area contributed by atoms with Crippen LogP contribution < -0.4 is 10.5 Å². The van der Waals surface area contributed by atoms with Crippen molar-refractivity contribution in [2.45, 2.75) is 19.8 Å². The zero-order chi connectivity index (χ0) is 11.3. The lowest BCUT2D eigenvalue weighted by atomic mass is 10.1. The number of aliphatic hydroxyl groups is 1. The van der Waals surface area contributed by atoms with Crippen molar-refractivity contribution in [1.82, 2.24) is 0 Å². The van der Waals surface area contributed by atoms with E-state index in [0.717, 1.165) is 24.0 Å². The van der Waals surface area contributed by atoms with Crippen molar-refractivity contribution in [2.75, 3.05) is 6.61 Å². The second kappa shape index (κ2) is 5.36. The molecule has 0 fully saturated rings. The van der Waals surface area contributed by atoms with Gasteiger partial charge in [0, 0.05) is 6.61 Å². The number of amides is 1. The van der Waals surface area contributed by atoms with E-state index in [0.29, 0.717) is 5.75 Å². The van der Waals surface area contributed by atoms with Gasteiger partial charge >= 0.3 is 6.09 Å². The molecule has 1 aromatic rings. The van der Waals surface area contributed by atoms with Crippen LogP contribution >= 0.6 is 0 Å². The Bertz CT molecular complexity index is 350. The lowest BCUT2D eigenvalue weighted by Crippen LogP contribution is -2.16. The summed E-state index contributed by atoms with van der Waals surface area (Å²) in [4.78, 5) is 10.5. The molecule has 0 spiro atoms. The minimum absolute atomic E-state index is 0.179. The summed E-state index contributed by atoms with van der Waals surface area (Å²) in [6.07, 6.45) is 0.741. The fourth-order valence-electron chi connectivity index (χ4n) is 1.37. The molecule has 4 nitrogen and oxygen atoms in total. The highest BCUT2D eigenvalue weighted by molar-refractivity contribution is 5.68. The molecule has 0 heterocycles. The van der Waals surface area contributed by atoms with Gasteiger partial charge in [0.25, 0.3) is 0 Å². The summed E-state index contributed by atoms with van der Waals surface area (Å²) in [5.74, 6) is 0.482. The highest BCUT2D eigenvalue weighted by atomic mass is 16.5. The van der Waals surface area contributed by atoms with Gasteiger partial charge in [0.15, 0.2) is 0 Å². The molecule has 0 radical (unpaired) electrons. The van der Waals surface area contributed by atoms with Gasteiger partial charge in [-0.2, -0.15) is 0 Å². The average molecular weight is 209 g/mol. The predicted octanol–water partition coefficient (Wildman–Crippen LogP) is 1.38. The molecule has 0 aliphatic carbocycles. The number of rotatable bonds is 4. The van der Waals surface area contributed by atoms with Crippen LogP contribution in [0.1, 0.15) is 17.5 Å². The number of primary amides is 1. The maximum Gasteiger partial charge on any atom is 0.409 e. The summed E-state index contributed by atoms with van der Waals surface area (Å²) < 4.78 is 4.79. The molecule has 3 N–H and O–H groups in total. The van der Waals surface area contributed by atoms with Gasteiger partial charge in [0.2, 0.25) is 0 Å². The molecule has 0 bridgehead atoms. The van der Waals surface area contributed by atoms with Crippen molar-refractivity contribution in [1.29, 1.82) is 0 Å². The van der Waals surface area contributed by atoms with E-state index in [1.807, 2.05) is 19.1 Å². The first-order valence-electron chi connectivity index (χ1n) is 4.81. The van der Waals surface area contributed by atoms with Gasteiger partial charge in [0.05, 0.1) is 0 Å². The monoisotopic (exact) mass is 209 g/mol. The first-order valence-corrected chi connectivity index (χ1v) is 4.81. The second-order valence-corrected chi connectivity index (χ2v) is 3.35. The van der Waals surface area contributed by atoms with Crippen LogP contribution in [-0.2, 0) is 6.42 Å². The summed E-state index contributed by atoms with van der Waals surface area (Å²) >= 11 is 0. The fraction of sp³-hybridized carbons (Fsp3) is 0.364. The number of benzene rings is 1. The summed E-state index contributed by atoms with van der Waals surface area (Å²) in [6, 6.07) is 5.50. The van der Waals surface area contributed by atoms with Crippen molar-refractivity contribution >= 4 is 6.09 Å². The van der Waals surface area contributed by atoms with Crippen molar-refractivity contribution in [3.63, 3.8) is 0 Å². The van der Waals surface area contributed by atoms with E-state index in [1.54, 1.807) is 6.07 Å². The molecule has 0 aromatic heterocycles. The molecule has 1 amide bonds. The molecule has 0 unspecified atom stereocenters. The number of ether oxygens (including phenoxy) is 1. The van der Waals surface area contributed by atoms with E-state index in [1.165, 1.54) is 0 Å². The molecule has 0 aliphatic heterocycles. The molecule has 1 aromatic carbocycles. The Morgan fingerprint density at radius 3 is 2.80 bits per heavy atom. The minimum atomic E-state index is -0.804. The van der Waals surface area contributed by atoms with Crippen LogP contribution in [0.2, 0.25) is 0 Å². The maximum absolute atomic E-state index is 10.5. The zero-order valence-corrected chi connectivity index (χ0v) is 8.69. The van der Waals surface area contributed by atoms with Crippen LogP contribution in [0.25, 0.3) is 0 Å². The first-order chi connectivity index (χ1) is 7.13. The molecular formula is C11H15NO3. The summed E-state index contributed by atoms with van der Waals surface area (Å²) in [5, 5.41) is 8.68. The van der Waals surface area contributed by atoms with Gasteiger partial charge < -0.3 is 15.6 Å².